The minimum Gasteiger partial charge on any atom is -0.465 e. The second-order valence-corrected chi connectivity index (χ2v) is 11.2. The fraction of sp³-hybridized carbons (Fsp3) is 0.955. The lowest BCUT2D eigenvalue weighted by Crippen LogP contribution is -2.45. The van der Waals surface area contributed by atoms with E-state index in [0.29, 0.717) is 12.8 Å². The SMILES string of the molecule is CCC(OC(C)(C)C(C)COC(=O)C(C)(CP)CC(C)(C)C)C(C)(C)CO. The maximum Gasteiger partial charge on any atom is 0.312 e. The molecule has 0 fully saturated rings. The Labute approximate surface area is 170 Å². The molecule has 0 saturated carbocycles. The van der Waals surface area contributed by atoms with Crippen molar-refractivity contribution in [3.05, 3.63) is 0 Å². The van der Waals surface area contributed by atoms with Crippen molar-refractivity contribution in [1.29, 1.82) is 0 Å². The van der Waals surface area contributed by atoms with Gasteiger partial charge in [0.25, 0.3) is 0 Å². The van der Waals surface area contributed by atoms with Crippen LogP contribution >= 0.6 is 9.24 Å². The van der Waals surface area contributed by atoms with Crippen LogP contribution in [0.25, 0.3) is 0 Å². The first kappa shape index (κ1) is 26.8. The van der Waals surface area contributed by atoms with Gasteiger partial charge < -0.3 is 14.6 Å². The molecule has 0 radical (unpaired) electrons. The first-order valence-corrected chi connectivity index (χ1v) is 11.0. The standard InChI is InChI=1S/C22H45O4P/c1-11-17(20(6,7)14-23)26-21(8,9)16(2)12-25-18(24)22(10,15-27)13-19(3,4)5/h16-17,23H,11-15,27H2,1-10H3. The molecule has 0 aliphatic heterocycles. The molecule has 0 aromatic heterocycles. The lowest BCUT2D eigenvalue weighted by atomic mass is 9.76. The highest BCUT2D eigenvalue weighted by Crippen LogP contribution is 2.37. The second-order valence-electron chi connectivity index (χ2n) is 10.8. The van der Waals surface area contributed by atoms with Crippen molar-refractivity contribution < 1.29 is 19.4 Å². The van der Waals surface area contributed by atoms with E-state index >= 15 is 0 Å². The number of aliphatic hydroxyl groups is 1. The molecule has 4 unspecified atom stereocenters. The first-order valence-electron chi connectivity index (χ1n) is 10.2. The summed E-state index contributed by atoms with van der Waals surface area (Å²) in [5.41, 5.74) is -1.22. The van der Waals surface area contributed by atoms with Crippen LogP contribution in [0.15, 0.2) is 0 Å². The van der Waals surface area contributed by atoms with Gasteiger partial charge in [0, 0.05) is 11.3 Å². The molecular weight excluding hydrogens is 359 g/mol. The third-order valence-electron chi connectivity index (χ3n) is 5.61. The summed E-state index contributed by atoms with van der Waals surface area (Å²) < 4.78 is 12.1. The zero-order chi connectivity index (χ0) is 21.7. The van der Waals surface area contributed by atoms with Crippen molar-refractivity contribution in [1.82, 2.24) is 0 Å². The third kappa shape index (κ3) is 8.38. The van der Waals surface area contributed by atoms with Gasteiger partial charge in [0.1, 0.15) is 0 Å². The first-order chi connectivity index (χ1) is 12.0. The summed E-state index contributed by atoms with van der Waals surface area (Å²) in [6, 6.07) is 0. The van der Waals surface area contributed by atoms with Crippen molar-refractivity contribution in [2.45, 2.75) is 93.8 Å². The van der Waals surface area contributed by atoms with E-state index in [4.69, 9.17) is 9.47 Å². The largest absolute Gasteiger partial charge is 0.465 e. The summed E-state index contributed by atoms with van der Waals surface area (Å²) in [5, 5.41) is 9.67. The number of carbonyl (C=O) groups excluding carboxylic acids is 1. The molecule has 0 aliphatic carbocycles. The van der Waals surface area contributed by atoms with Gasteiger partial charge in [0.15, 0.2) is 0 Å². The van der Waals surface area contributed by atoms with Crippen LogP contribution < -0.4 is 0 Å². The molecule has 4 nitrogen and oxygen atoms in total. The van der Waals surface area contributed by atoms with Crippen LogP contribution in [0.5, 0.6) is 0 Å². The maximum atomic E-state index is 12.8. The van der Waals surface area contributed by atoms with Crippen molar-refractivity contribution in [3.63, 3.8) is 0 Å². The topological polar surface area (TPSA) is 55.8 Å². The number of hydrogen-bond acceptors (Lipinski definition) is 4. The van der Waals surface area contributed by atoms with Gasteiger partial charge >= 0.3 is 5.97 Å². The molecule has 0 aliphatic rings. The van der Waals surface area contributed by atoms with E-state index in [0.717, 1.165) is 12.8 Å². The summed E-state index contributed by atoms with van der Waals surface area (Å²) in [6.45, 7) is 21.0. The molecule has 0 rings (SSSR count). The van der Waals surface area contributed by atoms with Crippen LogP contribution in [0.3, 0.4) is 0 Å². The van der Waals surface area contributed by atoms with Gasteiger partial charge in [-0.2, -0.15) is 0 Å². The highest BCUT2D eigenvalue weighted by Gasteiger charge is 2.40. The van der Waals surface area contributed by atoms with E-state index in [1.54, 1.807) is 0 Å². The molecule has 0 spiro atoms. The molecule has 27 heavy (non-hydrogen) atoms. The molecule has 0 amide bonds. The molecule has 0 heterocycles. The summed E-state index contributed by atoms with van der Waals surface area (Å²) >= 11 is 0. The van der Waals surface area contributed by atoms with Gasteiger partial charge in [-0.25, -0.2) is 0 Å². The summed E-state index contributed by atoms with van der Waals surface area (Å²) in [4.78, 5) is 12.8. The van der Waals surface area contributed by atoms with E-state index in [1.807, 2.05) is 41.5 Å². The Balaban J connectivity index is 5.00. The minimum absolute atomic E-state index is 0.0355. The molecule has 4 atom stereocenters. The number of ether oxygens (including phenoxy) is 2. The van der Waals surface area contributed by atoms with E-state index in [9.17, 15) is 9.90 Å². The van der Waals surface area contributed by atoms with E-state index in [-0.39, 0.29) is 35.4 Å². The molecule has 5 heteroatoms. The molecule has 0 aromatic rings. The van der Waals surface area contributed by atoms with Crippen LogP contribution in [0.2, 0.25) is 0 Å². The van der Waals surface area contributed by atoms with Crippen LogP contribution in [0.4, 0.5) is 0 Å². The number of esters is 1. The van der Waals surface area contributed by atoms with Crippen molar-refractivity contribution in [3.8, 4) is 0 Å². The monoisotopic (exact) mass is 404 g/mol. The van der Waals surface area contributed by atoms with E-state index in [1.165, 1.54) is 0 Å². The summed E-state index contributed by atoms with van der Waals surface area (Å²) in [5.74, 6) is -0.105. The molecule has 0 bridgehead atoms. The van der Waals surface area contributed by atoms with Crippen molar-refractivity contribution in [2.75, 3.05) is 19.4 Å². The lowest BCUT2D eigenvalue weighted by Gasteiger charge is -2.41. The predicted molar refractivity (Wildman–Crippen MR) is 117 cm³/mol. The molecule has 0 saturated heterocycles. The number of aliphatic hydroxyl groups excluding tert-OH is 1. The van der Waals surface area contributed by atoms with Crippen molar-refractivity contribution in [2.24, 2.45) is 22.2 Å². The Morgan fingerprint density at radius 1 is 1.07 bits per heavy atom. The van der Waals surface area contributed by atoms with Gasteiger partial charge in [0.2, 0.25) is 0 Å². The van der Waals surface area contributed by atoms with Gasteiger partial charge in [-0.1, -0.05) is 48.5 Å². The van der Waals surface area contributed by atoms with Crippen LogP contribution in [-0.2, 0) is 14.3 Å². The maximum absolute atomic E-state index is 12.8. The summed E-state index contributed by atoms with van der Waals surface area (Å²) in [7, 11) is 2.69. The smallest absolute Gasteiger partial charge is 0.312 e. The van der Waals surface area contributed by atoms with Crippen LogP contribution in [-0.4, -0.2) is 42.2 Å². The van der Waals surface area contributed by atoms with Gasteiger partial charge in [-0.3, -0.25) is 4.79 Å². The lowest BCUT2D eigenvalue weighted by molar-refractivity contribution is -0.172. The minimum atomic E-state index is -0.502. The number of carbonyl (C=O) groups is 1. The average molecular weight is 405 g/mol. The Bertz CT molecular complexity index is 467. The Hall–Kier alpha value is -0.180. The number of rotatable bonds is 11. The molecular formula is C22H45O4P. The van der Waals surface area contributed by atoms with Crippen LogP contribution in [0, 0.1) is 22.2 Å². The number of hydrogen-bond donors (Lipinski definition) is 1. The summed E-state index contributed by atoms with van der Waals surface area (Å²) in [6.07, 6.45) is 2.22. The van der Waals surface area contributed by atoms with E-state index in [2.05, 4.69) is 36.9 Å². The Morgan fingerprint density at radius 2 is 1.59 bits per heavy atom. The van der Waals surface area contributed by atoms with Gasteiger partial charge in [-0.15, -0.1) is 9.24 Å². The van der Waals surface area contributed by atoms with Gasteiger partial charge in [0.05, 0.1) is 30.3 Å². The fourth-order valence-electron chi connectivity index (χ4n) is 3.35. The Morgan fingerprint density at radius 3 is 1.96 bits per heavy atom. The van der Waals surface area contributed by atoms with Crippen LogP contribution in [0.1, 0.15) is 82.1 Å². The zero-order valence-electron chi connectivity index (χ0n) is 19.4. The highest BCUT2D eigenvalue weighted by atomic mass is 31.0. The fourth-order valence-corrected chi connectivity index (χ4v) is 3.66. The molecule has 162 valence electrons. The zero-order valence-corrected chi connectivity index (χ0v) is 20.6. The van der Waals surface area contributed by atoms with Gasteiger partial charge in [-0.05, 0) is 45.2 Å². The van der Waals surface area contributed by atoms with E-state index < -0.39 is 11.0 Å². The van der Waals surface area contributed by atoms with Crippen molar-refractivity contribution >= 4 is 15.2 Å². The molecule has 1 N–H and O–H groups in total. The highest BCUT2D eigenvalue weighted by molar-refractivity contribution is 7.16. The normalized spacial score (nSPS) is 17.9. The third-order valence-corrected chi connectivity index (χ3v) is 6.51. The Kier molecular flexibility index (Phi) is 9.96. The average Bonchev–Trinajstić information content (AvgIpc) is 2.55. The molecule has 0 aromatic carbocycles. The predicted octanol–water partition coefficient (Wildman–Crippen LogP) is 5.08. The quantitative estimate of drug-likeness (QED) is 0.386. The second kappa shape index (κ2) is 10.0.